The maximum absolute atomic E-state index is 12.7. The molecule has 1 aliphatic rings. The molecule has 1 aliphatic carbocycles. The molecule has 0 aromatic heterocycles. The SMILES string of the molecule is COC(=O)C1(C(=O)OC)C/C=C\C=C/CC(C(=O)OC)(C(=O)OC)C/C(OC)=C(\C)CC1. The monoisotopic (exact) mass is 452 g/mol. The van der Waals surface area contributed by atoms with Gasteiger partial charge in [0, 0.05) is 6.42 Å². The molecule has 0 saturated carbocycles. The van der Waals surface area contributed by atoms with Gasteiger partial charge < -0.3 is 23.7 Å². The van der Waals surface area contributed by atoms with Crippen LogP contribution in [0.15, 0.2) is 35.6 Å². The van der Waals surface area contributed by atoms with Gasteiger partial charge in [-0.2, -0.15) is 0 Å². The lowest BCUT2D eigenvalue weighted by Crippen LogP contribution is -2.42. The zero-order valence-corrected chi connectivity index (χ0v) is 19.5. The van der Waals surface area contributed by atoms with Crippen molar-refractivity contribution in [2.75, 3.05) is 35.5 Å². The van der Waals surface area contributed by atoms with Crippen LogP contribution in [0.5, 0.6) is 0 Å². The van der Waals surface area contributed by atoms with Gasteiger partial charge in [0.15, 0.2) is 10.8 Å². The van der Waals surface area contributed by atoms with Crippen LogP contribution in [0.4, 0.5) is 0 Å². The summed E-state index contributed by atoms with van der Waals surface area (Å²) in [4.78, 5) is 50.7. The number of rotatable bonds is 5. The first-order chi connectivity index (χ1) is 15.2. The minimum absolute atomic E-state index is 0.00400. The number of esters is 4. The molecule has 0 spiro atoms. The van der Waals surface area contributed by atoms with Crippen LogP contribution in [-0.2, 0) is 42.9 Å². The van der Waals surface area contributed by atoms with Crippen molar-refractivity contribution in [3.8, 4) is 0 Å². The van der Waals surface area contributed by atoms with Gasteiger partial charge in [0.1, 0.15) is 0 Å². The fourth-order valence-corrected chi connectivity index (χ4v) is 3.71. The van der Waals surface area contributed by atoms with Gasteiger partial charge in [0.05, 0.1) is 41.3 Å². The summed E-state index contributed by atoms with van der Waals surface area (Å²) in [7, 11) is 6.23. The van der Waals surface area contributed by atoms with Gasteiger partial charge in [-0.05, 0) is 38.2 Å². The number of hydrogen-bond donors (Lipinski definition) is 0. The zero-order valence-electron chi connectivity index (χ0n) is 19.5. The molecule has 0 bridgehead atoms. The van der Waals surface area contributed by atoms with Gasteiger partial charge in [-0.1, -0.05) is 24.3 Å². The molecule has 0 unspecified atom stereocenters. The molecule has 0 N–H and O–H groups in total. The van der Waals surface area contributed by atoms with Crippen molar-refractivity contribution in [3.05, 3.63) is 35.6 Å². The highest BCUT2D eigenvalue weighted by atomic mass is 16.6. The van der Waals surface area contributed by atoms with Crippen LogP contribution in [0.1, 0.15) is 39.0 Å². The van der Waals surface area contributed by atoms with Crippen molar-refractivity contribution in [3.63, 3.8) is 0 Å². The highest BCUT2D eigenvalue weighted by Crippen LogP contribution is 2.39. The predicted octanol–water partition coefficient (Wildman–Crippen LogP) is 2.65. The molecule has 178 valence electrons. The molecular formula is C23H32O9. The molecule has 0 aromatic rings. The highest BCUT2D eigenvalue weighted by Gasteiger charge is 2.50. The van der Waals surface area contributed by atoms with E-state index < -0.39 is 34.7 Å². The highest BCUT2D eigenvalue weighted by molar-refractivity contribution is 6.01. The van der Waals surface area contributed by atoms with Crippen LogP contribution in [0, 0.1) is 10.8 Å². The van der Waals surface area contributed by atoms with E-state index in [0.717, 1.165) is 0 Å². The molecule has 0 fully saturated rings. The Bertz CT molecular complexity index is 772. The molecule has 0 aromatic carbocycles. The summed E-state index contributed by atoms with van der Waals surface area (Å²) in [6.07, 6.45) is 6.72. The number of hydrogen-bond acceptors (Lipinski definition) is 9. The van der Waals surface area contributed by atoms with Crippen LogP contribution in [-0.4, -0.2) is 59.4 Å². The summed E-state index contributed by atoms with van der Waals surface area (Å²) in [5.41, 5.74) is -2.56. The van der Waals surface area contributed by atoms with E-state index in [4.69, 9.17) is 23.7 Å². The third-order valence-electron chi connectivity index (χ3n) is 5.73. The minimum atomic E-state index is -1.66. The first kappa shape index (κ1) is 26.9. The van der Waals surface area contributed by atoms with Crippen molar-refractivity contribution in [1.29, 1.82) is 0 Å². The van der Waals surface area contributed by atoms with Crippen molar-refractivity contribution >= 4 is 23.9 Å². The Morgan fingerprint density at radius 2 is 1.12 bits per heavy atom. The maximum atomic E-state index is 12.7. The van der Waals surface area contributed by atoms with E-state index in [0.29, 0.717) is 11.3 Å². The van der Waals surface area contributed by atoms with E-state index in [2.05, 4.69) is 0 Å². The van der Waals surface area contributed by atoms with Gasteiger partial charge in [-0.15, -0.1) is 0 Å². The zero-order chi connectivity index (χ0) is 24.4. The number of methoxy groups -OCH3 is 5. The van der Waals surface area contributed by atoms with Crippen LogP contribution in [0.2, 0.25) is 0 Å². The summed E-state index contributed by atoms with van der Waals surface area (Å²) >= 11 is 0. The van der Waals surface area contributed by atoms with Gasteiger partial charge in [0.25, 0.3) is 0 Å². The summed E-state index contributed by atoms with van der Waals surface area (Å²) in [6.45, 7) is 1.74. The quantitative estimate of drug-likeness (QED) is 0.353. The number of carbonyl (C=O) groups is 4. The average molecular weight is 453 g/mol. The van der Waals surface area contributed by atoms with E-state index in [-0.39, 0.29) is 32.1 Å². The second kappa shape index (κ2) is 12.1. The Morgan fingerprint density at radius 1 is 0.719 bits per heavy atom. The average Bonchev–Trinajstić information content (AvgIpc) is 2.83. The Morgan fingerprint density at radius 3 is 1.53 bits per heavy atom. The number of ether oxygens (including phenoxy) is 5. The lowest BCUT2D eigenvalue weighted by atomic mass is 9.77. The van der Waals surface area contributed by atoms with Crippen molar-refractivity contribution in [2.45, 2.75) is 39.0 Å². The topological polar surface area (TPSA) is 114 Å². The molecule has 0 amide bonds. The van der Waals surface area contributed by atoms with E-state index in [9.17, 15) is 19.2 Å². The third kappa shape index (κ3) is 5.57. The Labute approximate surface area is 188 Å². The van der Waals surface area contributed by atoms with Gasteiger partial charge in [-0.25, -0.2) is 0 Å². The van der Waals surface area contributed by atoms with Gasteiger partial charge >= 0.3 is 23.9 Å². The number of carbonyl (C=O) groups excluding carboxylic acids is 4. The summed E-state index contributed by atoms with van der Waals surface area (Å²) in [5, 5.41) is 0. The van der Waals surface area contributed by atoms with Gasteiger partial charge in [-0.3, -0.25) is 19.2 Å². The molecule has 0 radical (unpaired) electrons. The van der Waals surface area contributed by atoms with E-state index in [1.54, 1.807) is 31.2 Å². The smallest absolute Gasteiger partial charge is 0.324 e. The fraction of sp³-hybridized carbons (Fsp3) is 0.565. The van der Waals surface area contributed by atoms with E-state index in [1.165, 1.54) is 35.5 Å². The summed E-state index contributed by atoms with van der Waals surface area (Å²) in [5.74, 6) is -2.58. The second-order valence-corrected chi connectivity index (χ2v) is 7.48. The van der Waals surface area contributed by atoms with E-state index in [1.807, 2.05) is 0 Å². The predicted molar refractivity (Wildman–Crippen MR) is 114 cm³/mol. The third-order valence-corrected chi connectivity index (χ3v) is 5.73. The summed E-state index contributed by atoms with van der Waals surface area (Å²) < 4.78 is 25.2. The minimum Gasteiger partial charge on any atom is -0.501 e. The van der Waals surface area contributed by atoms with Crippen molar-refractivity contribution in [2.24, 2.45) is 10.8 Å². The normalized spacial score (nSPS) is 22.6. The molecular weight excluding hydrogens is 420 g/mol. The Balaban J connectivity index is 3.63. The Hall–Kier alpha value is -3.10. The maximum Gasteiger partial charge on any atom is 0.324 e. The molecule has 9 heteroatoms. The van der Waals surface area contributed by atoms with Crippen LogP contribution < -0.4 is 0 Å². The molecule has 9 nitrogen and oxygen atoms in total. The number of allylic oxidation sites excluding steroid dienone is 6. The molecule has 0 saturated heterocycles. The first-order valence-corrected chi connectivity index (χ1v) is 10.1. The lowest BCUT2D eigenvalue weighted by molar-refractivity contribution is -0.170. The standard InChI is InChI=1S/C23H32O9/c1-16-11-14-22(18(24)29-3,19(25)30-4)12-9-7-8-10-13-23(20(26)31-5,21(27)32-6)15-17(16)28-2/h7-10H,11-15H2,1-6H3/b9-7-,10-8-,17-16-. The second-order valence-electron chi connectivity index (χ2n) is 7.48. The molecule has 0 aliphatic heterocycles. The van der Waals surface area contributed by atoms with Gasteiger partial charge in [0.2, 0.25) is 0 Å². The lowest BCUT2D eigenvalue weighted by Gasteiger charge is -2.29. The molecule has 0 atom stereocenters. The molecule has 32 heavy (non-hydrogen) atoms. The van der Waals surface area contributed by atoms with Crippen LogP contribution in [0.25, 0.3) is 0 Å². The molecule has 1 rings (SSSR count). The van der Waals surface area contributed by atoms with E-state index >= 15 is 0 Å². The van der Waals surface area contributed by atoms with Crippen LogP contribution >= 0.6 is 0 Å². The van der Waals surface area contributed by atoms with Crippen molar-refractivity contribution in [1.82, 2.24) is 0 Å². The van der Waals surface area contributed by atoms with Crippen LogP contribution in [0.3, 0.4) is 0 Å². The molecule has 0 heterocycles. The summed E-state index contributed by atoms with van der Waals surface area (Å²) in [6, 6.07) is 0. The largest absolute Gasteiger partial charge is 0.501 e. The fourth-order valence-electron chi connectivity index (χ4n) is 3.71. The Kier molecular flexibility index (Phi) is 10.2. The first-order valence-electron chi connectivity index (χ1n) is 10.1. The van der Waals surface area contributed by atoms with Crippen molar-refractivity contribution < 1.29 is 42.9 Å².